The lowest BCUT2D eigenvalue weighted by molar-refractivity contribution is 0.0696. The second-order valence-electron chi connectivity index (χ2n) is 2.47. The second-order valence-corrected chi connectivity index (χ2v) is 2.47. The number of hydrogen-bond acceptors (Lipinski definition) is 4. The molecule has 0 aliphatic rings. The molecule has 1 N–H and O–H groups in total. The van der Waals surface area contributed by atoms with Gasteiger partial charge in [0, 0.05) is 12.3 Å². The number of aromatic carboxylic acids is 1. The Labute approximate surface area is 81.3 Å². The summed E-state index contributed by atoms with van der Waals surface area (Å²) in [6, 6.07) is 1.38. The molecule has 0 aliphatic heterocycles. The molecule has 0 aromatic carbocycles. The largest absolute Gasteiger partial charge is 0.491 e. The fraction of sp³-hybridized carbons (Fsp3) is 0.333. The molecule has 0 unspecified atom stereocenters. The minimum Gasteiger partial charge on any atom is -0.491 e. The van der Waals surface area contributed by atoms with Crippen molar-refractivity contribution < 1.29 is 19.4 Å². The van der Waals surface area contributed by atoms with Crippen LogP contribution < -0.4 is 9.47 Å². The Morgan fingerprint density at radius 3 is 2.86 bits per heavy atom. The van der Waals surface area contributed by atoms with Crippen molar-refractivity contribution >= 4 is 5.97 Å². The van der Waals surface area contributed by atoms with Gasteiger partial charge in [0.25, 0.3) is 5.88 Å². The van der Waals surface area contributed by atoms with E-state index in [4.69, 9.17) is 14.6 Å². The van der Waals surface area contributed by atoms with Crippen LogP contribution in [-0.2, 0) is 0 Å². The number of pyridine rings is 1. The highest BCUT2D eigenvalue weighted by molar-refractivity contribution is 5.87. The molecule has 76 valence electrons. The fourth-order valence-corrected chi connectivity index (χ4v) is 0.940. The number of carbonyl (C=O) groups is 1. The lowest BCUT2D eigenvalue weighted by atomic mass is 10.3. The number of aromatic nitrogens is 1. The molecule has 0 atom stereocenters. The molecule has 0 radical (unpaired) electrons. The van der Waals surface area contributed by atoms with E-state index in [2.05, 4.69) is 4.98 Å². The number of ether oxygens (including phenoxy) is 2. The third kappa shape index (κ3) is 2.12. The quantitative estimate of drug-likeness (QED) is 0.785. The van der Waals surface area contributed by atoms with E-state index in [0.29, 0.717) is 18.2 Å². The summed E-state index contributed by atoms with van der Waals surface area (Å²) in [4.78, 5) is 14.4. The van der Waals surface area contributed by atoms with Crippen molar-refractivity contribution in [3.8, 4) is 11.6 Å². The van der Waals surface area contributed by atoms with Gasteiger partial charge in [0.05, 0.1) is 19.3 Å². The fourth-order valence-electron chi connectivity index (χ4n) is 0.940. The van der Waals surface area contributed by atoms with E-state index in [9.17, 15) is 4.79 Å². The van der Waals surface area contributed by atoms with Gasteiger partial charge < -0.3 is 14.6 Å². The van der Waals surface area contributed by atoms with Crippen LogP contribution in [0.1, 0.15) is 17.3 Å². The van der Waals surface area contributed by atoms with Crippen molar-refractivity contribution in [3.05, 3.63) is 17.8 Å². The van der Waals surface area contributed by atoms with E-state index >= 15 is 0 Å². The summed E-state index contributed by atoms with van der Waals surface area (Å²) in [6.07, 6.45) is 1.23. The molecule has 0 saturated carbocycles. The van der Waals surface area contributed by atoms with Gasteiger partial charge in [-0.25, -0.2) is 9.78 Å². The molecule has 14 heavy (non-hydrogen) atoms. The summed E-state index contributed by atoms with van der Waals surface area (Å²) in [6.45, 7) is 2.27. The molecule has 1 aromatic rings. The molecule has 0 spiro atoms. The first-order valence-corrected chi connectivity index (χ1v) is 4.09. The smallest absolute Gasteiger partial charge is 0.337 e. The predicted octanol–water partition coefficient (Wildman–Crippen LogP) is 1.19. The van der Waals surface area contributed by atoms with E-state index in [-0.39, 0.29) is 5.56 Å². The van der Waals surface area contributed by atoms with Gasteiger partial charge in [-0.3, -0.25) is 0 Å². The monoisotopic (exact) mass is 197 g/mol. The van der Waals surface area contributed by atoms with Crippen molar-refractivity contribution in [1.82, 2.24) is 4.98 Å². The molecule has 5 nitrogen and oxygen atoms in total. The summed E-state index contributed by atoms with van der Waals surface area (Å²) in [5.41, 5.74) is 0.0744. The Morgan fingerprint density at radius 1 is 1.64 bits per heavy atom. The first-order valence-electron chi connectivity index (χ1n) is 4.09. The van der Waals surface area contributed by atoms with Crippen molar-refractivity contribution in [3.63, 3.8) is 0 Å². The van der Waals surface area contributed by atoms with Crippen LogP contribution in [0.2, 0.25) is 0 Å². The Bertz CT molecular complexity index is 338. The molecular formula is C9H11NO4. The first-order chi connectivity index (χ1) is 6.69. The summed E-state index contributed by atoms with van der Waals surface area (Å²) >= 11 is 0. The van der Waals surface area contributed by atoms with E-state index < -0.39 is 5.97 Å². The molecule has 5 heteroatoms. The predicted molar refractivity (Wildman–Crippen MR) is 48.9 cm³/mol. The number of rotatable bonds is 4. The summed E-state index contributed by atoms with van der Waals surface area (Å²) in [7, 11) is 1.44. The maximum atomic E-state index is 10.6. The summed E-state index contributed by atoms with van der Waals surface area (Å²) in [5.74, 6) is -0.411. The standard InChI is InChI=1S/C9H11NO4/c1-3-14-8-7(13-2)4-6(5-10-8)9(11)12/h4-5H,3H2,1-2H3,(H,11,12). The normalized spacial score (nSPS) is 9.57. The summed E-state index contributed by atoms with van der Waals surface area (Å²) in [5, 5.41) is 8.69. The zero-order valence-electron chi connectivity index (χ0n) is 7.98. The Balaban J connectivity index is 3.04. The van der Waals surface area contributed by atoms with Crippen LogP contribution in [0.15, 0.2) is 12.3 Å². The zero-order chi connectivity index (χ0) is 10.6. The molecule has 0 bridgehead atoms. The molecule has 0 saturated heterocycles. The van der Waals surface area contributed by atoms with Crippen LogP contribution in [0.4, 0.5) is 0 Å². The highest BCUT2D eigenvalue weighted by atomic mass is 16.5. The van der Waals surface area contributed by atoms with Crippen LogP contribution in [0.3, 0.4) is 0 Å². The Kier molecular flexibility index (Phi) is 3.28. The Morgan fingerprint density at radius 2 is 2.36 bits per heavy atom. The van der Waals surface area contributed by atoms with Crippen LogP contribution >= 0.6 is 0 Å². The lowest BCUT2D eigenvalue weighted by Crippen LogP contribution is -2.02. The van der Waals surface area contributed by atoms with Gasteiger partial charge in [-0.2, -0.15) is 0 Å². The van der Waals surface area contributed by atoms with E-state index in [0.717, 1.165) is 0 Å². The number of carboxylic acids is 1. The zero-order valence-corrected chi connectivity index (χ0v) is 7.98. The minimum atomic E-state index is -1.04. The first kappa shape index (κ1) is 10.3. The number of methoxy groups -OCH3 is 1. The minimum absolute atomic E-state index is 0.0744. The Hall–Kier alpha value is -1.78. The van der Waals surface area contributed by atoms with Crippen molar-refractivity contribution in [1.29, 1.82) is 0 Å². The lowest BCUT2D eigenvalue weighted by Gasteiger charge is -2.07. The molecule has 0 aliphatic carbocycles. The highest BCUT2D eigenvalue weighted by Gasteiger charge is 2.10. The molecule has 1 aromatic heterocycles. The van der Waals surface area contributed by atoms with Gasteiger partial charge >= 0.3 is 5.97 Å². The van der Waals surface area contributed by atoms with Crippen LogP contribution in [-0.4, -0.2) is 29.8 Å². The van der Waals surface area contributed by atoms with E-state index in [1.807, 2.05) is 6.92 Å². The van der Waals surface area contributed by atoms with Crippen LogP contribution in [0, 0.1) is 0 Å². The third-order valence-corrected chi connectivity index (χ3v) is 1.57. The molecule has 0 amide bonds. The molecule has 0 fully saturated rings. The maximum absolute atomic E-state index is 10.6. The third-order valence-electron chi connectivity index (χ3n) is 1.57. The molecular weight excluding hydrogens is 186 g/mol. The maximum Gasteiger partial charge on any atom is 0.337 e. The van der Waals surface area contributed by atoms with Crippen molar-refractivity contribution in [2.24, 2.45) is 0 Å². The van der Waals surface area contributed by atoms with Gasteiger partial charge in [0.2, 0.25) is 0 Å². The van der Waals surface area contributed by atoms with E-state index in [1.54, 1.807) is 0 Å². The SMILES string of the molecule is CCOc1ncc(C(=O)O)cc1OC. The van der Waals surface area contributed by atoms with Crippen molar-refractivity contribution in [2.45, 2.75) is 6.92 Å². The van der Waals surface area contributed by atoms with Gasteiger partial charge in [-0.1, -0.05) is 0 Å². The van der Waals surface area contributed by atoms with Crippen LogP contribution in [0.5, 0.6) is 11.6 Å². The highest BCUT2D eigenvalue weighted by Crippen LogP contribution is 2.24. The van der Waals surface area contributed by atoms with Gasteiger partial charge in [-0.05, 0) is 6.92 Å². The average molecular weight is 197 g/mol. The van der Waals surface area contributed by atoms with Crippen LogP contribution in [0.25, 0.3) is 0 Å². The second kappa shape index (κ2) is 4.45. The number of hydrogen-bond donors (Lipinski definition) is 1. The van der Waals surface area contributed by atoms with Gasteiger partial charge in [-0.15, -0.1) is 0 Å². The van der Waals surface area contributed by atoms with Crippen molar-refractivity contribution in [2.75, 3.05) is 13.7 Å². The number of nitrogens with zero attached hydrogens (tertiary/aromatic N) is 1. The number of carboxylic acid groups (broad SMARTS) is 1. The summed E-state index contributed by atoms with van der Waals surface area (Å²) < 4.78 is 10.1. The average Bonchev–Trinajstić information content (AvgIpc) is 2.18. The molecule has 1 rings (SSSR count). The van der Waals surface area contributed by atoms with Gasteiger partial charge in [0.1, 0.15) is 0 Å². The molecule has 1 heterocycles. The van der Waals surface area contributed by atoms with Gasteiger partial charge in [0.15, 0.2) is 5.75 Å². The van der Waals surface area contributed by atoms with E-state index in [1.165, 1.54) is 19.4 Å². The topological polar surface area (TPSA) is 68.7 Å².